The molecular weight excluding hydrogens is 653 g/mol. The van der Waals surface area contributed by atoms with Crippen molar-refractivity contribution in [1.82, 2.24) is 0 Å². The summed E-state index contributed by atoms with van der Waals surface area (Å²) in [6, 6.07) is 33.8. The molecule has 0 unspecified atom stereocenters. The minimum atomic E-state index is -0.905. The number of benzene rings is 6. The Morgan fingerprint density at radius 3 is 1.88 bits per heavy atom. The lowest BCUT2D eigenvalue weighted by Crippen LogP contribution is -2.34. The third-order valence-corrected chi connectivity index (χ3v) is 11.7. The van der Waals surface area contributed by atoms with Gasteiger partial charge in [-0.05, 0) is 120 Å². The normalized spacial score (nSPS) is 13.8. The van der Waals surface area contributed by atoms with E-state index < -0.39 is 5.60 Å². The topological polar surface area (TPSA) is 46.2 Å². The van der Waals surface area contributed by atoms with Crippen molar-refractivity contribution in [1.29, 1.82) is 0 Å². The highest BCUT2D eigenvalue weighted by Crippen LogP contribution is 2.54. The molecule has 256 valence electrons. The fourth-order valence-electron chi connectivity index (χ4n) is 7.72. The number of ether oxygens (including phenoxy) is 5. The van der Waals surface area contributed by atoms with Gasteiger partial charge in [-0.2, -0.15) is 0 Å². The minimum Gasteiger partial charge on any atom is -0.497 e. The lowest BCUT2D eigenvalue weighted by molar-refractivity contribution is 0.163. The van der Waals surface area contributed by atoms with Crippen molar-refractivity contribution in [2.45, 2.75) is 42.1 Å². The number of hydrogen-bond donors (Lipinski definition) is 0. The lowest BCUT2D eigenvalue weighted by atomic mass is 9.77. The molecule has 0 saturated heterocycles. The molecule has 0 aromatic heterocycles. The summed E-state index contributed by atoms with van der Waals surface area (Å²) in [4.78, 5) is 2.24. The van der Waals surface area contributed by atoms with Crippen LogP contribution in [0.3, 0.4) is 0 Å². The second-order valence-corrected chi connectivity index (χ2v) is 14.2. The van der Waals surface area contributed by atoms with E-state index in [1.807, 2.05) is 24.3 Å². The number of methoxy groups -OCH3 is 4. The van der Waals surface area contributed by atoms with E-state index in [1.165, 1.54) is 27.1 Å². The molecule has 8 rings (SSSR count). The van der Waals surface area contributed by atoms with Crippen molar-refractivity contribution in [3.63, 3.8) is 0 Å². The second-order valence-electron chi connectivity index (χ2n) is 13.1. The second kappa shape index (κ2) is 13.1. The van der Waals surface area contributed by atoms with Gasteiger partial charge in [0.2, 0.25) is 0 Å². The van der Waals surface area contributed by atoms with Crippen molar-refractivity contribution in [3.05, 3.63) is 142 Å². The SMILES string of the molecule is COc1ccc(C2(c3ccc(OC)cc3)C=Cc3c4c(c5cc(Sc6c(C)cc(OC)cc6C)c(OC)cc5c3O2)-c2ccccc2CC4)cc1. The molecular formula is C45H40O5S. The first-order chi connectivity index (χ1) is 24.9. The third kappa shape index (κ3) is 5.49. The molecule has 6 aromatic carbocycles. The Balaban J connectivity index is 1.39. The molecule has 1 aliphatic heterocycles. The summed E-state index contributed by atoms with van der Waals surface area (Å²) in [5.41, 5.74) is 9.75. The van der Waals surface area contributed by atoms with Gasteiger partial charge in [-0.15, -0.1) is 0 Å². The molecule has 51 heavy (non-hydrogen) atoms. The summed E-state index contributed by atoms with van der Waals surface area (Å²) < 4.78 is 30.3. The van der Waals surface area contributed by atoms with Crippen LogP contribution in [0.25, 0.3) is 28.0 Å². The zero-order valence-electron chi connectivity index (χ0n) is 29.8. The van der Waals surface area contributed by atoms with E-state index in [0.717, 1.165) is 85.1 Å². The maximum atomic E-state index is 7.48. The smallest absolute Gasteiger partial charge is 0.178 e. The van der Waals surface area contributed by atoms with Crippen LogP contribution in [0, 0.1) is 13.8 Å². The van der Waals surface area contributed by atoms with Gasteiger partial charge >= 0.3 is 0 Å². The molecule has 1 heterocycles. The fourth-order valence-corrected chi connectivity index (χ4v) is 8.80. The first kappa shape index (κ1) is 32.9. The van der Waals surface area contributed by atoms with E-state index in [9.17, 15) is 0 Å². The summed E-state index contributed by atoms with van der Waals surface area (Å²) in [5, 5.41) is 2.16. The average molecular weight is 693 g/mol. The van der Waals surface area contributed by atoms with E-state index in [2.05, 4.69) is 98.8 Å². The van der Waals surface area contributed by atoms with Crippen molar-refractivity contribution in [3.8, 4) is 39.9 Å². The summed E-state index contributed by atoms with van der Waals surface area (Å²) >= 11 is 1.74. The zero-order chi connectivity index (χ0) is 35.3. The van der Waals surface area contributed by atoms with Gasteiger partial charge < -0.3 is 23.7 Å². The van der Waals surface area contributed by atoms with E-state index in [0.29, 0.717) is 0 Å². The Kier molecular flexibility index (Phi) is 8.43. The largest absolute Gasteiger partial charge is 0.497 e. The molecule has 0 atom stereocenters. The van der Waals surface area contributed by atoms with E-state index in [-0.39, 0.29) is 0 Å². The summed E-state index contributed by atoms with van der Waals surface area (Å²) in [5.74, 6) is 4.09. The molecule has 6 heteroatoms. The molecule has 0 fully saturated rings. The Labute approximate surface area is 303 Å². The molecule has 0 saturated carbocycles. The van der Waals surface area contributed by atoms with Crippen LogP contribution in [-0.4, -0.2) is 28.4 Å². The predicted octanol–water partition coefficient (Wildman–Crippen LogP) is 10.8. The maximum absolute atomic E-state index is 7.48. The first-order valence-electron chi connectivity index (χ1n) is 17.2. The molecule has 0 spiro atoms. The Morgan fingerprint density at radius 2 is 1.27 bits per heavy atom. The van der Waals surface area contributed by atoms with Gasteiger partial charge in [0.05, 0.1) is 33.3 Å². The number of fused-ring (bicyclic) bond motifs is 8. The van der Waals surface area contributed by atoms with Gasteiger partial charge in [0.1, 0.15) is 28.7 Å². The van der Waals surface area contributed by atoms with Crippen LogP contribution in [0.1, 0.15) is 38.9 Å². The minimum absolute atomic E-state index is 0.791. The molecule has 0 N–H and O–H groups in total. The predicted molar refractivity (Wildman–Crippen MR) is 206 cm³/mol. The maximum Gasteiger partial charge on any atom is 0.178 e. The van der Waals surface area contributed by atoms with Crippen LogP contribution in [0.2, 0.25) is 0 Å². The Morgan fingerprint density at radius 1 is 0.647 bits per heavy atom. The average Bonchev–Trinajstić information content (AvgIpc) is 3.18. The summed E-state index contributed by atoms with van der Waals surface area (Å²) in [7, 11) is 6.83. The van der Waals surface area contributed by atoms with Crippen LogP contribution in [0.4, 0.5) is 0 Å². The molecule has 1 aliphatic carbocycles. The van der Waals surface area contributed by atoms with E-state index in [4.69, 9.17) is 23.7 Å². The molecule has 2 aliphatic rings. The van der Waals surface area contributed by atoms with Crippen LogP contribution < -0.4 is 23.7 Å². The van der Waals surface area contributed by atoms with Crippen LogP contribution >= 0.6 is 11.8 Å². The van der Waals surface area contributed by atoms with Gasteiger partial charge in [0, 0.05) is 27.0 Å². The summed E-state index contributed by atoms with van der Waals surface area (Å²) in [6.45, 7) is 4.27. The van der Waals surface area contributed by atoms with Gasteiger partial charge in [-0.3, -0.25) is 0 Å². The highest BCUT2D eigenvalue weighted by Gasteiger charge is 2.40. The number of rotatable bonds is 8. The van der Waals surface area contributed by atoms with Crippen molar-refractivity contribution >= 4 is 28.6 Å². The number of aryl methyl sites for hydroxylation is 3. The third-order valence-electron chi connectivity index (χ3n) is 10.3. The van der Waals surface area contributed by atoms with Crippen LogP contribution in [0.15, 0.2) is 113 Å². The van der Waals surface area contributed by atoms with Crippen molar-refractivity contribution < 1.29 is 23.7 Å². The van der Waals surface area contributed by atoms with Crippen molar-refractivity contribution in [2.24, 2.45) is 0 Å². The molecule has 0 amide bonds. The summed E-state index contributed by atoms with van der Waals surface area (Å²) in [6.07, 6.45) is 6.38. The quantitative estimate of drug-likeness (QED) is 0.158. The Bertz CT molecular complexity index is 2250. The molecule has 5 nitrogen and oxygen atoms in total. The lowest BCUT2D eigenvalue weighted by Gasteiger charge is -2.38. The van der Waals surface area contributed by atoms with E-state index in [1.54, 1.807) is 40.2 Å². The highest BCUT2D eigenvalue weighted by atomic mass is 32.2. The zero-order valence-corrected chi connectivity index (χ0v) is 30.6. The molecule has 6 aromatic rings. The first-order valence-corrected chi connectivity index (χ1v) is 18.0. The monoisotopic (exact) mass is 692 g/mol. The standard InChI is InChI=1S/C45H40O5S/c1-27-23-34(48-5)24-28(2)44(27)51-41-26-38-39(25-40(41)49-6)43-37(36-20-11-29-9-7-8-10-35(29)42(36)38)21-22-45(50-43,30-12-16-32(46-3)17-13-30)31-14-18-33(47-4)19-15-31/h7-10,12-19,21-26H,11,20H2,1-6H3. The number of hydrogen-bond acceptors (Lipinski definition) is 6. The van der Waals surface area contributed by atoms with Gasteiger partial charge in [0.15, 0.2) is 5.60 Å². The van der Waals surface area contributed by atoms with Crippen molar-refractivity contribution in [2.75, 3.05) is 28.4 Å². The fraction of sp³-hybridized carbons (Fsp3) is 0.200. The van der Waals surface area contributed by atoms with Gasteiger partial charge in [-0.25, -0.2) is 0 Å². The molecule has 0 radical (unpaired) electrons. The van der Waals surface area contributed by atoms with Gasteiger partial charge in [0.25, 0.3) is 0 Å². The Hall–Kier alpha value is -5.33. The van der Waals surface area contributed by atoms with E-state index >= 15 is 0 Å². The highest BCUT2D eigenvalue weighted by molar-refractivity contribution is 7.99. The van der Waals surface area contributed by atoms with Crippen LogP contribution in [-0.2, 0) is 18.4 Å². The van der Waals surface area contributed by atoms with Gasteiger partial charge in [-0.1, -0.05) is 66.4 Å². The van der Waals surface area contributed by atoms with Crippen LogP contribution in [0.5, 0.6) is 28.7 Å². The molecule has 0 bridgehead atoms.